The van der Waals surface area contributed by atoms with Gasteiger partial charge in [-0.2, -0.15) is 0 Å². The molecule has 3 rings (SSSR count). The Hall–Kier alpha value is -1.11. The summed E-state index contributed by atoms with van der Waals surface area (Å²) in [4.78, 5) is 0. The summed E-state index contributed by atoms with van der Waals surface area (Å²) in [5.41, 5.74) is 9.98. The van der Waals surface area contributed by atoms with E-state index < -0.39 is 18.0 Å². The van der Waals surface area contributed by atoms with Crippen LogP contribution < -0.4 is 5.73 Å². The largest absolute Gasteiger partial charge is 0.598 e. The fourth-order valence-corrected chi connectivity index (χ4v) is 5.52. The Morgan fingerprint density at radius 3 is 2.55 bits per heavy atom. The first-order chi connectivity index (χ1) is 14.0. The normalized spacial score (nSPS) is 17.7. The Morgan fingerprint density at radius 1 is 1.24 bits per heavy atom. The second-order valence-electron chi connectivity index (χ2n) is 7.90. The van der Waals surface area contributed by atoms with Crippen molar-refractivity contribution in [1.29, 1.82) is 0 Å². The van der Waals surface area contributed by atoms with Crippen molar-refractivity contribution >= 4 is 23.0 Å². The van der Waals surface area contributed by atoms with Gasteiger partial charge in [0.25, 0.3) is 0 Å². The molecule has 3 nitrogen and oxygen atoms in total. The number of hydrogen-bond donors (Lipinski definition) is 1. The lowest BCUT2D eigenvalue weighted by molar-refractivity contribution is 0.196. The predicted molar refractivity (Wildman–Crippen MR) is 120 cm³/mol. The Morgan fingerprint density at radius 2 is 1.97 bits per heavy atom. The number of rotatable bonds is 10. The molecule has 29 heavy (non-hydrogen) atoms. The van der Waals surface area contributed by atoms with Crippen molar-refractivity contribution in [2.75, 3.05) is 26.0 Å². The molecule has 0 bridgehead atoms. The van der Waals surface area contributed by atoms with E-state index in [0.29, 0.717) is 25.3 Å². The van der Waals surface area contributed by atoms with Crippen LogP contribution in [0.5, 0.6) is 0 Å². The lowest BCUT2D eigenvalue weighted by Gasteiger charge is -2.48. The molecule has 2 aromatic rings. The Labute approximate surface area is 181 Å². The van der Waals surface area contributed by atoms with Gasteiger partial charge in [-0.25, -0.2) is 0 Å². The van der Waals surface area contributed by atoms with E-state index in [2.05, 4.69) is 36.4 Å². The lowest BCUT2D eigenvalue weighted by atomic mass is 9.56. The first-order valence-corrected chi connectivity index (χ1v) is 11.9. The minimum absolute atomic E-state index is 0.0494. The highest BCUT2D eigenvalue weighted by molar-refractivity contribution is 7.89. The van der Waals surface area contributed by atoms with Crippen LogP contribution in [0.15, 0.2) is 48.5 Å². The van der Waals surface area contributed by atoms with Crippen molar-refractivity contribution in [2.24, 2.45) is 5.73 Å². The number of nitrogens with two attached hydrogens (primary N) is 1. The zero-order valence-corrected chi connectivity index (χ0v) is 18.5. The number of hydrogen-bond acceptors (Lipinski definition) is 3. The minimum Gasteiger partial charge on any atom is -0.598 e. The summed E-state index contributed by atoms with van der Waals surface area (Å²) in [7, 11) is 1.82. The van der Waals surface area contributed by atoms with Crippen LogP contribution in [-0.4, -0.2) is 34.9 Å². The van der Waals surface area contributed by atoms with E-state index in [0.717, 1.165) is 23.4 Å². The van der Waals surface area contributed by atoms with Crippen molar-refractivity contribution < 1.29 is 8.94 Å². The van der Waals surface area contributed by atoms with E-state index in [-0.39, 0.29) is 11.3 Å². The highest BCUT2D eigenvalue weighted by atomic mass is 35.5. The fourth-order valence-electron chi connectivity index (χ4n) is 4.43. The molecule has 0 aliphatic heterocycles. The van der Waals surface area contributed by atoms with Crippen LogP contribution in [0.4, 0.5) is 4.39 Å². The maximum atomic E-state index is 12.4. The van der Waals surface area contributed by atoms with Crippen molar-refractivity contribution in [1.82, 2.24) is 4.31 Å². The molecule has 1 fully saturated rings. The number of nitrogens with zero attached hydrogens (tertiary/aromatic N) is 1. The monoisotopic (exact) mass is 436 g/mol. The van der Waals surface area contributed by atoms with Crippen molar-refractivity contribution in [3.63, 3.8) is 0 Å². The maximum Gasteiger partial charge on any atom is 0.128 e. The zero-order chi connectivity index (χ0) is 20.9. The number of halogens is 2. The minimum atomic E-state index is -1.17. The van der Waals surface area contributed by atoms with Gasteiger partial charge in [0, 0.05) is 47.7 Å². The van der Waals surface area contributed by atoms with Gasteiger partial charge >= 0.3 is 0 Å². The molecule has 2 unspecified atom stereocenters. The summed E-state index contributed by atoms with van der Waals surface area (Å²) < 4.78 is 26.4. The highest BCUT2D eigenvalue weighted by Crippen LogP contribution is 2.53. The Balaban J connectivity index is 1.81. The SMILES string of the molecule is CN(Cc1cccc(C(CN)C2(c3ccc(Cl)cc3)CCC2)c1)[S+]([O-])CCCF. The first-order valence-electron chi connectivity index (χ1n) is 10.2. The quantitative estimate of drug-likeness (QED) is 0.535. The van der Waals surface area contributed by atoms with Crippen LogP contribution in [-0.2, 0) is 23.3 Å². The Kier molecular flexibility index (Phi) is 7.99. The molecule has 2 atom stereocenters. The van der Waals surface area contributed by atoms with Gasteiger partial charge in [0.2, 0.25) is 0 Å². The molecular formula is C23H30ClFN2OS. The van der Waals surface area contributed by atoms with E-state index in [1.807, 2.05) is 19.2 Å². The van der Waals surface area contributed by atoms with Crippen LogP contribution in [0, 0.1) is 0 Å². The Bertz CT molecular complexity index is 785. The first kappa shape index (κ1) is 22.6. The van der Waals surface area contributed by atoms with E-state index in [1.54, 1.807) is 4.31 Å². The van der Waals surface area contributed by atoms with E-state index in [4.69, 9.17) is 17.3 Å². The predicted octanol–water partition coefficient (Wildman–Crippen LogP) is 4.96. The van der Waals surface area contributed by atoms with Gasteiger partial charge in [0.15, 0.2) is 0 Å². The molecule has 0 heterocycles. The van der Waals surface area contributed by atoms with Crippen LogP contribution in [0.25, 0.3) is 0 Å². The zero-order valence-electron chi connectivity index (χ0n) is 16.9. The highest BCUT2D eigenvalue weighted by Gasteiger charge is 2.45. The second kappa shape index (κ2) is 10.3. The number of benzene rings is 2. The molecule has 0 saturated heterocycles. The van der Waals surface area contributed by atoms with Gasteiger partial charge in [-0.05, 0) is 41.7 Å². The molecule has 0 aromatic heterocycles. The average Bonchev–Trinajstić information content (AvgIpc) is 2.69. The third-order valence-corrected chi connectivity index (χ3v) is 7.84. The molecule has 0 spiro atoms. The molecule has 1 saturated carbocycles. The molecule has 0 amide bonds. The van der Waals surface area contributed by atoms with Crippen LogP contribution in [0.2, 0.25) is 5.02 Å². The summed E-state index contributed by atoms with van der Waals surface area (Å²) in [5, 5.41) is 0.748. The molecule has 158 valence electrons. The molecule has 2 aromatic carbocycles. The fraction of sp³-hybridized carbons (Fsp3) is 0.478. The van der Waals surface area contributed by atoms with Gasteiger partial charge in [-0.15, -0.1) is 4.31 Å². The smallest absolute Gasteiger partial charge is 0.128 e. The molecule has 0 radical (unpaired) electrons. The molecule has 1 aliphatic rings. The second-order valence-corrected chi connectivity index (χ2v) is 10.0. The van der Waals surface area contributed by atoms with Gasteiger partial charge in [0.05, 0.1) is 13.2 Å². The number of alkyl halides is 1. The standard InChI is InChI=1S/C23H30ClFN2OS/c1-27(29(28)14-4-13-25)17-18-5-2-6-19(15-18)22(16-26)23(11-3-12-23)20-7-9-21(24)10-8-20/h2,5-10,15,22H,3-4,11-14,16-17,26H2,1H3. The summed E-state index contributed by atoms with van der Waals surface area (Å²) in [6.07, 6.45) is 3.77. The summed E-state index contributed by atoms with van der Waals surface area (Å²) in [6, 6.07) is 16.6. The van der Waals surface area contributed by atoms with Gasteiger partial charge < -0.3 is 10.3 Å². The molecule has 6 heteroatoms. The van der Waals surface area contributed by atoms with E-state index in [1.165, 1.54) is 17.5 Å². The van der Waals surface area contributed by atoms with Crippen molar-refractivity contribution in [3.05, 3.63) is 70.2 Å². The summed E-state index contributed by atoms with van der Waals surface area (Å²) in [6.45, 7) is 0.711. The van der Waals surface area contributed by atoms with Crippen LogP contribution in [0.1, 0.15) is 48.3 Å². The van der Waals surface area contributed by atoms with Crippen LogP contribution >= 0.6 is 11.6 Å². The van der Waals surface area contributed by atoms with E-state index in [9.17, 15) is 8.94 Å². The summed E-state index contributed by atoms with van der Waals surface area (Å²) in [5.74, 6) is 0.581. The maximum absolute atomic E-state index is 12.4. The van der Waals surface area contributed by atoms with Crippen molar-refractivity contribution in [3.8, 4) is 0 Å². The lowest BCUT2D eigenvalue weighted by Crippen LogP contribution is -2.43. The third kappa shape index (κ3) is 5.15. The van der Waals surface area contributed by atoms with E-state index >= 15 is 0 Å². The van der Waals surface area contributed by atoms with Gasteiger partial charge in [0.1, 0.15) is 5.75 Å². The van der Waals surface area contributed by atoms with Crippen LogP contribution in [0.3, 0.4) is 0 Å². The topological polar surface area (TPSA) is 52.3 Å². The molecular weight excluding hydrogens is 407 g/mol. The van der Waals surface area contributed by atoms with Gasteiger partial charge in [-0.3, -0.25) is 4.39 Å². The van der Waals surface area contributed by atoms with Gasteiger partial charge in [-0.1, -0.05) is 54.4 Å². The van der Waals surface area contributed by atoms with Crippen molar-refractivity contribution in [2.45, 2.75) is 43.6 Å². The molecule has 2 N–H and O–H groups in total. The average molecular weight is 437 g/mol. The summed E-state index contributed by atoms with van der Waals surface area (Å²) >= 11 is 4.94. The molecule has 1 aliphatic carbocycles. The third-order valence-electron chi connectivity index (χ3n) is 6.13.